The number of methoxy groups -OCH3 is 2. The molecule has 0 aliphatic carbocycles. The first-order chi connectivity index (χ1) is 5.83. The van der Waals surface area contributed by atoms with Crippen LogP contribution in [0.4, 0.5) is 0 Å². The molecule has 0 aliphatic rings. The number of pyridine rings is 1. The van der Waals surface area contributed by atoms with E-state index in [4.69, 9.17) is 9.47 Å². The number of hydrogen-bond donors (Lipinski definition) is 0. The molecule has 1 aromatic rings. The van der Waals surface area contributed by atoms with Crippen molar-refractivity contribution in [1.29, 1.82) is 0 Å². The van der Waals surface area contributed by atoms with Crippen LogP contribution in [0.15, 0.2) is 12.4 Å². The van der Waals surface area contributed by atoms with E-state index in [2.05, 4.69) is 20.9 Å². The number of alkyl halides is 1. The van der Waals surface area contributed by atoms with Crippen LogP contribution in [0.1, 0.15) is 5.56 Å². The first-order valence-corrected chi connectivity index (χ1v) is 4.56. The van der Waals surface area contributed by atoms with Crippen molar-refractivity contribution < 1.29 is 9.47 Å². The monoisotopic (exact) mass is 231 g/mol. The Kier molecular flexibility index (Phi) is 3.34. The molecule has 3 nitrogen and oxygen atoms in total. The predicted octanol–water partition coefficient (Wildman–Crippen LogP) is 1.99. The van der Waals surface area contributed by atoms with E-state index in [1.54, 1.807) is 26.6 Å². The highest BCUT2D eigenvalue weighted by molar-refractivity contribution is 9.08. The van der Waals surface area contributed by atoms with E-state index in [1.807, 2.05) is 0 Å². The van der Waals surface area contributed by atoms with E-state index in [0.29, 0.717) is 5.33 Å². The summed E-state index contributed by atoms with van der Waals surface area (Å²) in [5.74, 6) is 1.48. The highest BCUT2D eigenvalue weighted by Gasteiger charge is 2.07. The Morgan fingerprint density at radius 3 is 2.08 bits per heavy atom. The van der Waals surface area contributed by atoms with Crippen molar-refractivity contribution in [2.75, 3.05) is 14.2 Å². The van der Waals surface area contributed by atoms with Crippen LogP contribution in [0, 0.1) is 0 Å². The molecule has 0 aliphatic heterocycles. The largest absolute Gasteiger partial charge is 0.495 e. The number of nitrogens with zero attached hydrogens (tertiary/aromatic N) is 1. The van der Waals surface area contributed by atoms with Crippen molar-refractivity contribution in [2.24, 2.45) is 0 Å². The molecular formula is C8H10BrNO2. The zero-order valence-corrected chi connectivity index (χ0v) is 8.59. The van der Waals surface area contributed by atoms with Crippen LogP contribution in [0.25, 0.3) is 0 Å². The minimum absolute atomic E-state index is 0.696. The lowest BCUT2D eigenvalue weighted by Crippen LogP contribution is -1.95. The molecule has 0 bridgehead atoms. The smallest absolute Gasteiger partial charge is 0.144 e. The van der Waals surface area contributed by atoms with Crippen molar-refractivity contribution in [3.63, 3.8) is 0 Å². The Morgan fingerprint density at radius 2 is 1.75 bits per heavy atom. The average molecular weight is 232 g/mol. The lowest BCUT2D eigenvalue weighted by molar-refractivity contribution is 0.385. The molecule has 1 rings (SSSR count). The summed E-state index contributed by atoms with van der Waals surface area (Å²) in [5.41, 5.74) is 0.981. The summed E-state index contributed by atoms with van der Waals surface area (Å²) in [7, 11) is 3.23. The Balaban J connectivity index is 3.13. The minimum Gasteiger partial charge on any atom is -0.495 e. The van der Waals surface area contributed by atoms with E-state index in [9.17, 15) is 0 Å². The second-order valence-electron chi connectivity index (χ2n) is 2.16. The topological polar surface area (TPSA) is 31.4 Å². The van der Waals surface area contributed by atoms with Gasteiger partial charge in [0.15, 0.2) is 0 Å². The van der Waals surface area contributed by atoms with Gasteiger partial charge >= 0.3 is 0 Å². The van der Waals surface area contributed by atoms with Gasteiger partial charge in [0.25, 0.3) is 0 Å². The van der Waals surface area contributed by atoms with Crippen LogP contribution in [-0.2, 0) is 5.33 Å². The van der Waals surface area contributed by atoms with E-state index < -0.39 is 0 Å². The summed E-state index contributed by atoms with van der Waals surface area (Å²) in [5, 5.41) is 0.696. The summed E-state index contributed by atoms with van der Waals surface area (Å²) in [6.45, 7) is 0. The molecule has 0 amide bonds. The number of hydrogen-bond acceptors (Lipinski definition) is 3. The average Bonchev–Trinajstić information content (AvgIpc) is 2.16. The quantitative estimate of drug-likeness (QED) is 0.747. The normalized spacial score (nSPS) is 9.58. The number of aromatic nitrogens is 1. The lowest BCUT2D eigenvalue weighted by Gasteiger charge is -2.08. The molecule has 1 heterocycles. The van der Waals surface area contributed by atoms with Gasteiger partial charge in [0.2, 0.25) is 0 Å². The summed E-state index contributed by atoms with van der Waals surface area (Å²) in [4.78, 5) is 3.96. The first-order valence-electron chi connectivity index (χ1n) is 3.44. The third-order valence-corrected chi connectivity index (χ3v) is 2.11. The van der Waals surface area contributed by atoms with Gasteiger partial charge in [-0.3, -0.25) is 4.98 Å². The molecule has 66 valence electrons. The standard InChI is InChI=1S/C8H10BrNO2/c1-11-7-4-10-5-8(12-2)6(7)3-9/h4-5H,3H2,1-2H3. The predicted molar refractivity (Wildman–Crippen MR) is 50.0 cm³/mol. The van der Waals surface area contributed by atoms with E-state index in [-0.39, 0.29) is 0 Å². The fourth-order valence-corrected chi connectivity index (χ4v) is 1.49. The van der Waals surface area contributed by atoms with Crippen molar-refractivity contribution in [2.45, 2.75) is 5.33 Å². The zero-order valence-electron chi connectivity index (χ0n) is 7.00. The highest BCUT2D eigenvalue weighted by atomic mass is 79.9. The molecule has 0 radical (unpaired) electrons. The van der Waals surface area contributed by atoms with Crippen LogP contribution < -0.4 is 9.47 Å². The molecule has 0 aromatic carbocycles. The van der Waals surface area contributed by atoms with Gasteiger partial charge in [-0.25, -0.2) is 0 Å². The molecule has 0 N–H and O–H groups in total. The summed E-state index contributed by atoms with van der Waals surface area (Å²) >= 11 is 3.35. The summed E-state index contributed by atoms with van der Waals surface area (Å²) in [6, 6.07) is 0. The third-order valence-electron chi connectivity index (χ3n) is 1.55. The maximum Gasteiger partial charge on any atom is 0.144 e. The molecule has 1 aromatic heterocycles. The molecule has 0 spiro atoms. The van der Waals surface area contributed by atoms with Crippen LogP contribution in [0.5, 0.6) is 11.5 Å². The van der Waals surface area contributed by atoms with Gasteiger partial charge in [0.05, 0.1) is 26.6 Å². The van der Waals surface area contributed by atoms with Crippen LogP contribution in [-0.4, -0.2) is 19.2 Å². The fourth-order valence-electron chi connectivity index (χ4n) is 0.933. The Bertz CT molecular complexity index is 243. The Labute approximate surface area is 79.8 Å². The van der Waals surface area contributed by atoms with E-state index in [1.165, 1.54) is 0 Å². The Hall–Kier alpha value is -0.770. The molecule has 12 heavy (non-hydrogen) atoms. The SMILES string of the molecule is COc1cncc(OC)c1CBr. The zero-order chi connectivity index (χ0) is 8.97. The highest BCUT2D eigenvalue weighted by Crippen LogP contribution is 2.28. The second-order valence-corrected chi connectivity index (χ2v) is 2.72. The number of halogens is 1. The molecule has 4 heteroatoms. The minimum atomic E-state index is 0.696. The lowest BCUT2D eigenvalue weighted by atomic mass is 10.2. The van der Waals surface area contributed by atoms with Crippen LogP contribution >= 0.6 is 15.9 Å². The first kappa shape index (κ1) is 9.32. The van der Waals surface area contributed by atoms with Gasteiger partial charge in [0.1, 0.15) is 11.5 Å². The maximum atomic E-state index is 5.11. The molecule has 0 atom stereocenters. The molecule has 0 unspecified atom stereocenters. The van der Waals surface area contributed by atoms with Gasteiger partial charge in [0, 0.05) is 10.9 Å². The van der Waals surface area contributed by atoms with E-state index in [0.717, 1.165) is 17.1 Å². The fraction of sp³-hybridized carbons (Fsp3) is 0.375. The second kappa shape index (κ2) is 4.30. The molecule has 0 fully saturated rings. The number of rotatable bonds is 3. The summed E-state index contributed by atoms with van der Waals surface area (Å²) < 4.78 is 10.2. The number of ether oxygens (including phenoxy) is 2. The van der Waals surface area contributed by atoms with Crippen LogP contribution in [0.3, 0.4) is 0 Å². The van der Waals surface area contributed by atoms with Gasteiger partial charge in [-0.1, -0.05) is 15.9 Å². The third kappa shape index (κ3) is 1.69. The van der Waals surface area contributed by atoms with E-state index >= 15 is 0 Å². The van der Waals surface area contributed by atoms with Gasteiger partial charge in [-0.05, 0) is 0 Å². The summed E-state index contributed by atoms with van der Waals surface area (Å²) in [6.07, 6.45) is 3.33. The maximum absolute atomic E-state index is 5.11. The van der Waals surface area contributed by atoms with Gasteiger partial charge in [-0.2, -0.15) is 0 Å². The molecule has 0 saturated heterocycles. The van der Waals surface area contributed by atoms with Crippen molar-refractivity contribution in [3.05, 3.63) is 18.0 Å². The molecular weight excluding hydrogens is 222 g/mol. The van der Waals surface area contributed by atoms with Gasteiger partial charge in [-0.15, -0.1) is 0 Å². The van der Waals surface area contributed by atoms with Crippen LogP contribution in [0.2, 0.25) is 0 Å². The van der Waals surface area contributed by atoms with Crippen molar-refractivity contribution in [1.82, 2.24) is 4.98 Å². The molecule has 0 saturated carbocycles. The van der Waals surface area contributed by atoms with Crippen molar-refractivity contribution >= 4 is 15.9 Å². The van der Waals surface area contributed by atoms with Gasteiger partial charge < -0.3 is 9.47 Å². The Morgan fingerprint density at radius 1 is 1.25 bits per heavy atom. The van der Waals surface area contributed by atoms with Crippen molar-refractivity contribution in [3.8, 4) is 11.5 Å².